The monoisotopic (exact) mass is 356 g/mol. The molecule has 7 nitrogen and oxygen atoms in total. The number of carbonyl (C=O) groups is 1. The van der Waals surface area contributed by atoms with Gasteiger partial charge in [0.15, 0.2) is 0 Å². The fourth-order valence-electron chi connectivity index (χ4n) is 2.75. The molecule has 2 heterocycles. The van der Waals surface area contributed by atoms with Gasteiger partial charge in [-0.15, -0.1) is 0 Å². The van der Waals surface area contributed by atoms with Gasteiger partial charge in [-0.05, 0) is 38.0 Å². The first-order valence-electron chi connectivity index (χ1n) is 8.44. The number of carbonyl (C=O) groups excluding carboxylic acids is 1. The molecule has 0 saturated carbocycles. The van der Waals surface area contributed by atoms with Gasteiger partial charge in [0.05, 0.1) is 5.69 Å². The molecule has 1 amide bonds. The van der Waals surface area contributed by atoms with Crippen LogP contribution in [0.5, 0.6) is 0 Å². The minimum absolute atomic E-state index is 0.0134. The van der Waals surface area contributed by atoms with E-state index in [2.05, 4.69) is 20.3 Å². The topological polar surface area (TPSA) is 79.7 Å². The molecule has 0 aliphatic carbocycles. The lowest BCUT2D eigenvalue weighted by Gasteiger charge is -2.21. The van der Waals surface area contributed by atoms with Crippen LogP contribution in [-0.2, 0) is 11.2 Å². The SMILES string of the molecule is C[C@H](C(=O)N(C)CCCc1cc(-c2cccc(F)c2)n[nH]1)n1cncn1. The van der Waals surface area contributed by atoms with Gasteiger partial charge < -0.3 is 4.90 Å². The number of halogens is 1. The second-order valence-electron chi connectivity index (χ2n) is 6.20. The summed E-state index contributed by atoms with van der Waals surface area (Å²) in [5, 5.41) is 11.2. The van der Waals surface area contributed by atoms with E-state index < -0.39 is 0 Å². The molecule has 0 spiro atoms. The quantitative estimate of drug-likeness (QED) is 0.705. The van der Waals surface area contributed by atoms with E-state index in [4.69, 9.17) is 0 Å². The van der Waals surface area contributed by atoms with Crippen LogP contribution in [0.25, 0.3) is 11.3 Å². The van der Waals surface area contributed by atoms with Gasteiger partial charge in [0.2, 0.25) is 5.91 Å². The zero-order valence-electron chi connectivity index (χ0n) is 14.8. The van der Waals surface area contributed by atoms with Gasteiger partial charge in [-0.3, -0.25) is 9.89 Å². The molecular weight excluding hydrogens is 335 g/mol. The third kappa shape index (κ3) is 4.14. The lowest BCUT2D eigenvalue weighted by molar-refractivity contribution is -0.133. The highest BCUT2D eigenvalue weighted by Gasteiger charge is 2.19. The Morgan fingerprint density at radius 3 is 2.96 bits per heavy atom. The molecule has 1 atom stereocenters. The maximum Gasteiger partial charge on any atom is 0.246 e. The highest BCUT2D eigenvalue weighted by atomic mass is 19.1. The zero-order valence-corrected chi connectivity index (χ0v) is 14.8. The Balaban J connectivity index is 1.51. The van der Waals surface area contributed by atoms with Crippen molar-refractivity contribution in [2.24, 2.45) is 0 Å². The van der Waals surface area contributed by atoms with Crippen molar-refractivity contribution in [3.05, 3.63) is 54.5 Å². The molecule has 0 aliphatic rings. The first-order chi connectivity index (χ1) is 12.5. The summed E-state index contributed by atoms with van der Waals surface area (Å²) in [5.74, 6) is -0.297. The van der Waals surface area contributed by atoms with E-state index >= 15 is 0 Å². The van der Waals surface area contributed by atoms with Gasteiger partial charge >= 0.3 is 0 Å². The van der Waals surface area contributed by atoms with Gasteiger partial charge in [-0.1, -0.05) is 12.1 Å². The molecule has 0 aliphatic heterocycles. The number of hydrogen-bond donors (Lipinski definition) is 1. The molecule has 0 fully saturated rings. The Morgan fingerprint density at radius 2 is 2.23 bits per heavy atom. The molecule has 2 aromatic heterocycles. The van der Waals surface area contributed by atoms with Crippen molar-refractivity contribution in [2.45, 2.75) is 25.8 Å². The summed E-state index contributed by atoms with van der Waals surface area (Å²) >= 11 is 0. The lowest BCUT2D eigenvalue weighted by Crippen LogP contribution is -2.34. The standard InChI is InChI=1S/C18H21FN6O/c1-13(25-12-20-11-21-25)18(26)24(2)8-4-7-16-10-17(23-22-16)14-5-3-6-15(19)9-14/h3,5-6,9-13H,4,7-8H2,1-2H3,(H,22,23)/t13-/m1/s1. The number of amides is 1. The van der Waals surface area contributed by atoms with Crippen molar-refractivity contribution in [1.29, 1.82) is 0 Å². The summed E-state index contributed by atoms with van der Waals surface area (Å²) in [7, 11) is 1.78. The molecule has 26 heavy (non-hydrogen) atoms. The van der Waals surface area contributed by atoms with E-state index in [-0.39, 0.29) is 17.8 Å². The second-order valence-corrected chi connectivity index (χ2v) is 6.20. The smallest absolute Gasteiger partial charge is 0.246 e. The Hall–Kier alpha value is -3.03. The van der Waals surface area contributed by atoms with E-state index in [1.165, 1.54) is 24.8 Å². The molecule has 0 saturated heterocycles. The van der Waals surface area contributed by atoms with E-state index in [0.717, 1.165) is 24.1 Å². The van der Waals surface area contributed by atoms with Crippen molar-refractivity contribution in [3.8, 4) is 11.3 Å². The normalized spacial score (nSPS) is 12.1. The maximum absolute atomic E-state index is 13.3. The van der Waals surface area contributed by atoms with Crippen LogP contribution < -0.4 is 0 Å². The van der Waals surface area contributed by atoms with Crippen LogP contribution in [-0.4, -0.2) is 49.4 Å². The van der Waals surface area contributed by atoms with Gasteiger partial charge in [-0.2, -0.15) is 10.2 Å². The summed E-state index contributed by atoms with van der Waals surface area (Å²) in [6.45, 7) is 2.42. The molecule has 0 radical (unpaired) electrons. The number of hydrogen-bond acceptors (Lipinski definition) is 4. The average Bonchev–Trinajstić information content (AvgIpc) is 3.32. The molecule has 8 heteroatoms. The van der Waals surface area contributed by atoms with Crippen LogP contribution >= 0.6 is 0 Å². The van der Waals surface area contributed by atoms with Crippen LogP contribution in [0.15, 0.2) is 43.0 Å². The number of likely N-dealkylation sites (N-methyl/N-ethyl adjacent to an activating group) is 1. The molecular formula is C18H21FN6O. The van der Waals surface area contributed by atoms with Gasteiger partial charge in [-0.25, -0.2) is 14.1 Å². The molecule has 0 bridgehead atoms. The maximum atomic E-state index is 13.3. The van der Waals surface area contributed by atoms with E-state index in [0.29, 0.717) is 12.2 Å². The van der Waals surface area contributed by atoms with Crippen molar-refractivity contribution in [1.82, 2.24) is 29.9 Å². The summed E-state index contributed by atoms with van der Waals surface area (Å²) in [6, 6.07) is 7.88. The lowest BCUT2D eigenvalue weighted by atomic mass is 10.1. The number of aromatic nitrogens is 5. The van der Waals surface area contributed by atoms with E-state index in [1.54, 1.807) is 29.6 Å². The highest BCUT2D eigenvalue weighted by Crippen LogP contribution is 2.19. The largest absolute Gasteiger partial charge is 0.344 e. The van der Waals surface area contributed by atoms with Crippen molar-refractivity contribution in [2.75, 3.05) is 13.6 Å². The fraction of sp³-hybridized carbons (Fsp3) is 0.333. The van der Waals surface area contributed by atoms with Crippen molar-refractivity contribution in [3.63, 3.8) is 0 Å². The third-order valence-electron chi connectivity index (χ3n) is 4.26. The summed E-state index contributed by atoms with van der Waals surface area (Å²) in [6.07, 6.45) is 4.49. The molecule has 0 unspecified atom stereocenters. The zero-order chi connectivity index (χ0) is 18.5. The highest BCUT2D eigenvalue weighted by molar-refractivity contribution is 5.79. The Bertz CT molecular complexity index is 860. The molecule has 136 valence electrons. The number of aromatic amines is 1. The number of rotatable bonds is 7. The number of nitrogens with one attached hydrogen (secondary N) is 1. The van der Waals surface area contributed by atoms with Crippen LogP contribution in [0.2, 0.25) is 0 Å². The number of nitrogens with zero attached hydrogens (tertiary/aromatic N) is 5. The van der Waals surface area contributed by atoms with E-state index in [9.17, 15) is 9.18 Å². The minimum Gasteiger partial charge on any atom is -0.344 e. The van der Waals surface area contributed by atoms with E-state index in [1.807, 2.05) is 12.1 Å². The second kappa shape index (κ2) is 7.90. The van der Waals surface area contributed by atoms with Gasteiger partial charge in [0.25, 0.3) is 0 Å². The van der Waals surface area contributed by atoms with Gasteiger partial charge in [0.1, 0.15) is 24.5 Å². The number of benzene rings is 1. The Kier molecular flexibility index (Phi) is 5.40. The number of aryl methyl sites for hydroxylation is 1. The summed E-state index contributed by atoms with van der Waals surface area (Å²) in [5.41, 5.74) is 2.40. The first-order valence-corrected chi connectivity index (χ1v) is 8.44. The number of H-pyrrole nitrogens is 1. The minimum atomic E-state index is -0.380. The first kappa shape index (κ1) is 17.8. The molecule has 1 N–H and O–H groups in total. The predicted octanol–water partition coefficient (Wildman–Crippen LogP) is 2.46. The summed E-state index contributed by atoms with van der Waals surface area (Å²) < 4.78 is 14.8. The third-order valence-corrected chi connectivity index (χ3v) is 4.26. The van der Waals surface area contributed by atoms with Crippen LogP contribution in [0.3, 0.4) is 0 Å². The van der Waals surface area contributed by atoms with Crippen molar-refractivity contribution >= 4 is 5.91 Å². The molecule has 1 aromatic carbocycles. The Morgan fingerprint density at radius 1 is 1.38 bits per heavy atom. The van der Waals surface area contributed by atoms with Crippen LogP contribution in [0, 0.1) is 5.82 Å². The Labute approximate surface area is 150 Å². The predicted molar refractivity (Wildman–Crippen MR) is 94.7 cm³/mol. The molecule has 3 aromatic rings. The fourth-order valence-corrected chi connectivity index (χ4v) is 2.75. The molecule has 3 rings (SSSR count). The van der Waals surface area contributed by atoms with Crippen LogP contribution in [0.1, 0.15) is 25.1 Å². The van der Waals surface area contributed by atoms with Crippen molar-refractivity contribution < 1.29 is 9.18 Å². The van der Waals surface area contributed by atoms with Crippen LogP contribution in [0.4, 0.5) is 4.39 Å². The average molecular weight is 356 g/mol. The summed E-state index contributed by atoms with van der Waals surface area (Å²) in [4.78, 5) is 17.9. The van der Waals surface area contributed by atoms with Gasteiger partial charge in [0, 0.05) is 24.8 Å².